The van der Waals surface area contributed by atoms with Crippen LogP contribution in [0.1, 0.15) is 35.4 Å². The van der Waals surface area contributed by atoms with Crippen LogP contribution in [0, 0.1) is 11.6 Å². The molecule has 0 fully saturated rings. The van der Waals surface area contributed by atoms with Gasteiger partial charge in [0.05, 0.1) is 17.9 Å². The van der Waals surface area contributed by atoms with Gasteiger partial charge in [-0.25, -0.2) is 8.78 Å². The summed E-state index contributed by atoms with van der Waals surface area (Å²) >= 11 is 2.77. The van der Waals surface area contributed by atoms with Crippen molar-refractivity contribution in [2.75, 3.05) is 12.4 Å². The molecule has 37 heavy (non-hydrogen) atoms. The number of nitrogens with zero attached hydrogens (tertiary/aromatic N) is 4. The number of anilines is 1. The van der Waals surface area contributed by atoms with Gasteiger partial charge in [0, 0.05) is 13.5 Å². The number of carbonyl (C=O) groups excluding carboxylic acids is 2. The van der Waals surface area contributed by atoms with E-state index in [1.807, 2.05) is 0 Å². The van der Waals surface area contributed by atoms with Gasteiger partial charge < -0.3 is 10.6 Å². The molecule has 1 unspecified atom stereocenters. The Morgan fingerprint density at radius 3 is 2.22 bits per heavy atom. The summed E-state index contributed by atoms with van der Waals surface area (Å²) in [5.74, 6) is -1.42. The number of amides is 2. The van der Waals surface area contributed by atoms with Crippen molar-refractivity contribution in [1.82, 2.24) is 20.5 Å². The van der Waals surface area contributed by atoms with E-state index in [1.165, 1.54) is 35.2 Å². The van der Waals surface area contributed by atoms with Crippen LogP contribution >= 0.6 is 23.1 Å². The lowest BCUT2D eigenvalue weighted by Gasteiger charge is -2.19. The zero-order valence-corrected chi connectivity index (χ0v) is 21.7. The highest BCUT2D eigenvalue weighted by molar-refractivity contribution is 8.14. The Labute approximate surface area is 221 Å². The molecule has 2 heterocycles. The number of hydrogen-bond donors (Lipinski definition) is 2. The number of rotatable bonds is 11. The zero-order valence-electron chi connectivity index (χ0n) is 20.1. The Kier molecular flexibility index (Phi) is 9.18. The van der Waals surface area contributed by atoms with Crippen molar-refractivity contribution in [2.24, 2.45) is 5.10 Å². The molecule has 1 atom stereocenters. The molecule has 0 saturated carbocycles. The van der Waals surface area contributed by atoms with Crippen LogP contribution in [-0.2, 0) is 28.9 Å². The fourth-order valence-corrected chi connectivity index (χ4v) is 5.51. The van der Waals surface area contributed by atoms with E-state index >= 15 is 0 Å². The van der Waals surface area contributed by atoms with Gasteiger partial charge in [-0.1, -0.05) is 59.5 Å². The van der Waals surface area contributed by atoms with Gasteiger partial charge in [0.1, 0.15) is 16.6 Å². The molecule has 0 saturated heterocycles. The average molecular weight is 545 g/mol. The Bertz CT molecular complexity index is 1290. The van der Waals surface area contributed by atoms with Gasteiger partial charge in [-0.05, 0) is 42.5 Å². The third kappa shape index (κ3) is 7.80. The number of benzene rings is 2. The predicted octanol–water partition coefficient (Wildman–Crippen LogP) is 4.34. The first kappa shape index (κ1) is 26.7. The summed E-state index contributed by atoms with van der Waals surface area (Å²) in [6.45, 7) is 0. The molecule has 2 amide bonds. The summed E-state index contributed by atoms with van der Waals surface area (Å²) in [7, 11) is 1.79. The minimum absolute atomic E-state index is 0.0274. The number of halogens is 2. The van der Waals surface area contributed by atoms with E-state index in [0.717, 1.165) is 29.3 Å². The molecular weight excluding hydrogens is 518 g/mol. The van der Waals surface area contributed by atoms with Crippen LogP contribution in [0.5, 0.6) is 0 Å². The third-order valence-electron chi connectivity index (χ3n) is 5.50. The summed E-state index contributed by atoms with van der Waals surface area (Å²) in [6.07, 6.45) is 3.08. The normalized spacial score (nSPS) is 14.9. The van der Waals surface area contributed by atoms with E-state index in [2.05, 4.69) is 25.9 Å². The minimum atomic E-state index is -0.414. The first-order valence-corrected chi connectivity index (χ1v) is 13.4. The second kappa shape index (κ2) is 12.7. The quantitative estimate of drug-likeness (QED) is 0.349. The molecule has 12 heteroatoms. The van der Waals surface area contributed by atoms with Gasteiger partial charge in [0.2, 0.25) is 16.9 Å². The number of carbonyl (C=O) groups is 2. The van der Waals surface area contributed by atoms with Crippen molar-refractivity contribution in [3.05, 3.63) is 76.3 Å². The highest BCUT2D eigenvalue weighted by atomic mass is 32.2. The number of hydrazone groups is 1. The van der Waals surface area contributed by atoms with Gasteiger partial charge in [-0.15, -0.1) is 10.2 Å². The van der Waals surface area contributed by atoms with Crippen LogP contribution in [0.25, 0.3) is 0 Å². The van der Waals surface area contributed by atoms with Gasteiger partial charge in [-0.2, -0.15) is 5.10 Å². The first-order chi connectivity index (χ1) is 17.9. The maximum atomic E-state index is 13.8. The van der Waals surface area contributed by atoms with Gasteiger partial charge >= 0.3 is 0 Å². The molecule has 3 aromatic rings. The standard InChI is InChI=1S/C25H26F2N6O2S2/c1-33-25(29-21(35)15-17-9-3-5-11-19(17)27)37-23(32-33)13-7-6-12-22-30-31-24(36-22)28-20(34)14-16-8-2-4-10-18(16)26/h2-5,8-11,25H,6-7,12-15H2,1H3,(H,29,35)(H,28,31,34). The maximum absolute atomic E-state index is 13.8. The fourth-order valence-electron chi connectivity index (χ4n) is 3.63. The number of thioether (sulfide) groups is 1. The van der Waals surface area contributed by atoms with Crippen LogP contribution in [0.15, 0.2) is 53.6 Å². The maximum Gasteiger partial charge on any atom is 0.230 e. The third-order valence-corrected chi connectivity index (χ3v) is 7.61. The highest BCUT2D eigenvalue weighted by Gasteiger charge is 2.26. The van der Waals surface area contributed by atoms with E-state index in [9.17, 15) is 18.4 Å². The molecule has 1 aromatic heterocycles. The van der Waals surface area contributed by atoms with E-state index in [1.54, 1.807) is 48.5 Å². The number of aromatic nitrogens is 2. The Hall–Kier alpha value is -3.38. The number of aryl methyl sites for hydroxylation is 1. The molecule has 2 aromatic carbocycles. The van der Waals surface area contributed by atoms with Crippen molar-refractivity contribution in [3.8, 4) is 0 Å². The number of nitrogens with one attached hydrogen (secondary N) is 2. The summed E-state index contributed by atoms with van der Waals surface area (Å²) in [6, 6.07) is 12.4. The molecule has 0 aliphatic carbocycles. The monoisotopic (exact) mass is 544 g/mol. The van der Waals surface area contributed by atoms with Crippen LogP contribution in [0.2, 0.25) is 0 Å². The van der Waals surface area contributed by atoms with E-state index in [-0.39, 0.29) is 30.2 Å². The lowest BCUT2D eigenvalue weighted by Crippen LogP contribution is -2.40. The van der Waals surface area contributed by atoms with Gasteiger partial charge in [0.25, 0.3) is 0 Å². The van der Waals surface area contributed by atoms with E-state index in [0.29, 0.717) is 22.7 Å². The average Bonchev–Trinajstić information content (AvgIpc) is 3.45. The molecule has 2 N–H and O–H groups in total. The number of hydrogen-bond acceptors (Lipinski definition) is 8. The topological polar surface area (TPSA) is 99.6 Å². The second-order valence-corrected chi connectivity index (χ2v) is 10.6. The molecule has 0 bridgehead atoms. The Morgan fingerprint density at radius 2 is 1.54 bits per heavy atom. The van der Waals surface area contributed by atoms with Crippen LogP contribution in [0.4, 0.5) is 13.9 Å². The lowest BCUT2D eigenvalue weighted by atomic mass is 10.1. The van der Waals surface area contributed by atoms with Crippen molar-refractivity contribution in [3.63, 3.8) is 0 Å². The SMILES string of the molecule is CN1N=C(CCCCc2nnc(NC(=O)Cc3ccccc3F)s2)SC1NC(=O)Cc1ccccc1F. The summed E-state index contributed by atoms with van der Waals surface area (Å²) in [4.78, 5) is 24.5. The second-order valence-electron chi connectivity index (χ2n) is 8.40. The molecule has 8 nitrogen and oxygen atoms in total. The summed E-state index contributed by atoms with van der Waals surface area (Å²) in [5, 5.41) is 22.0. The van der Waals surface area contributed by atoms with Crippen molar-refractivity contribution in [2.45, 2.75) is 44.0 Å². The molecule has 4 rings (SSSR count). The Morgan fingerprint density at radius 1 is 0.919 bits per heavy atom. The first-order valence-electron chi connectivity index (χ1n) is 11.7. The van der Waals surface area contributed by atoms with E-state index < -0.39 is 11.6 Å². The van der Waals surface area contributed by atoms with Crippen molar-refractivity contribution < 1.29 is 18.4 Å². The number of unbranched alkanes of at least 4 members (excludes halogenated alkanes) is 1. The molecule has 1 aliphatic rings. The molecule has 0 spiro atoms. The molecule has 0 radical (unpaired) electrons. The Balaban J connectivity index is 1.15. The van der Waals surface area contributed by atoms with Crippen LogP contribution < -0.4 is 10.6 Å². The molecule has 194 valence electrons. The minimum Gasteiger partial charge on any atom is -0.325 e. The van der Waals surface area contributed by atoms with Gasteiger partial charge in [-0.3, -0.25) is 14.6 Å². The van der Waals surface area contributed by atoms with E-state index in [4.69, 9.17) is 0 Å². The lowest BCUT2D eigenvalue weighted by molar-refractivity contribution is -0.121. The molecule has 1 aliphatic heterocycles. The predicted molar refractivity (Wildman–Crippen MR) is 141 cm³/mol. The smallest absolute Gasteiger partial charge is 0.230 e. The largest absolute Gasteiger partial charge is 0.325 e. The molecular formula is C25H26F2N6O2S2. The summed E-state index contributed by atoms with van der Waals surface area (Å²) < 4.78 is 27.5. The summed E-state index contributed by atoms with van der Waals surface area (Å²) in [5.41, 5.74) is 0.360. The van der Waals surface area contributed by atoms with Crippen molar-refractivity contribution >= 4 is 45.1 Å². The zero-order chi connectivity index (χ0) is 26.2. The van der Waals surface area contributed by atoms with Crippen LogP contribution in [-0.4, -0.2) is 44.6 Å². The van der Waals surface area contributed by atoms with Crippen LogP contribution in [0.3, 0.4) is 0 Å². The van der Waals surface area contributed by atoms with Crippen molar-refractivity contribution in [1.29, 1.82) is 0 Å². The fraction of sp³-hybridized carbons (Fsp3) is 0.320. The van der Waals surface area contributed by atoms with Gasteiger partial charge in [0.15, 0.2) is 5.50 Å². The highest BCUT2D eigenvalue weighted by Crippen LogP contribution is 2.26.